The molecule has 0 rings (SSSR count). The number of nitrogens with zero attached hydrogens (tertiary/aromatic N) is 2. The molecule has 0 aliphatic carbocycles. The third kappa shape index (κ3) is 5.82. The summed E-state index contributed by atoms with van der Waals surface area (Å²) >= 11 is 0. The fourth-order valence-corrected chi connectivity index (χ4v) is 0.894. The molecule has 0 aliphatic heterocycles. The molecule has 1 unspecified atom stereocenters. The average molecular weight is 229 g/mol. The van der Waals surface area contributed by atoms with Gasteiger partial charge in [0.15, 0.2) is 6.10 Å². The number of nitriles is 1. The molecule has 2 amide bonds. The second-order valence-electron chi connectivity index (χ2n) is 3.20. The minimum absolute atomic E-state index is 0.0484. The standard InChI is InChI=1S/C9H15N3O4/c1-12(6-2-4-10)9(16)11-5-3-7(13)8(14)15/h7,13H,2-3,5-6H2,1H3,(H,11,16)(H,14,15). The number of aliphatic hydroxyl groups excluding tert-OH is 1. The minimum atomic E-state index is -1.47. The van der Waals surface area contributed by atoms with Crippen LogP contribution in [0.15, 0.2) is 0 Å². The first-order valence-electron chi connectivity index (χ1n) is 4.75. The Balaban J connectivity index is 3.73. The highest BCUT2D eigenvalue weighted by Crippen LogP contribution is 1.91. The molecular weight excluding hydrogens is 214 g/mol. The second kappa shape index (κ2) is 7.48. The van der Waals surface area contributed by atoms with Gasteiger partial charge in [0.1, 0.15) is 0 Å². The summed E-state index contributed by atoms with van der Waals surface area (Å²) < 4.78 is 0. The molecule has 0 saturated carbocycles. The van der Waals surface area contributed by atoms with Crippen LogP contribution in [0.4, 0.5) is 4.79 Å². The van der Waals surface area contributed by atoms with Gasteiger partial charge in [0.05, 0.1) is 12.5 Å². The van der Waals surface area contributed by atoms with Gasteiger partial charge < -0.3 is 20.4 Å². The van der Waals surface area contributed by atoms with E-state index in [4.69, 9.17) is 15.5 Å². The number of urea groups is 1. The van der Waals surface area contributed by atoms with E-state index in [-0.39, 0.29) is 19.4 Å². The summed E-state index contributed by atoms with van der Waals surface area (Å²) in [6, 6.07) is 1.51. The molecule has 90 valence electrons. The molecule has 0 spiro atoms. The number of aliphatic hydroxyl groups is 1. The van der Waals surface area contributed by atoms with Crippen LogP contribution in [0.2, 0.25) is 0 Å². The number of nitrogens with one attached hydrogen (secondary N) is 1. The second-order valence-corrected chi connectivity index (χ2v) is 3.20. The number of carboxylic acid groups (broad SMARTS) is 1. The van der Waals surface area contributed by atoms with E-state index in [0.717, 1.165) is 0 Å². The Bertz CT molecular complexity index is 287. The topological polar surface area (TPSA) is 114 Å². The Morgan fingerprint density at radius 1 is 1.56 bits per heavy atom. The molecular formula is C9H15N3O4. The largest absolute Gasteiger partial charge is 0.479 e. The zero-order valence-electron chi connectivity index (χ0n) is 9.01. The molecule has 1 atom stereocenters. The van der Waals surface area contributed by atoms with E-state index in [1.807, 2.05) is 6.07 Å². The maximum Gasteiger partial charge on any atom is 0.332 e. The van der Waals surface area contributed by atoms with Gasteiger partial charge in [0.2, 0.25) is 0 Å². The highest BCUT2D eigenvalue weighted by molar-refractivity contribution is 5.74. The first-order chi connectivity index (χ1) is 7.49. The molecule has 0 saturated heterocycles. The van der Waals surface area contributed by atoms with Gasteiger partial charge >= 0.3 is 12.0 Å². The molecule has 0 aromatic heterocycles. The van der Waals surface area contributed by atoms with Crippen molar-refractivity contribution < 1.29 is 19.8 Å². The van der Waals surface area contributed by atoms with E-state index in [2.05, 4.69) is 5.32 Å². The molecule has 7 nitrogen and oxygen atoms in total. The van der Waals surface area contributed by atoms with Gasteiger partial charge in [-0.25, -0.2) is 9.59 Å². The fraction of sp³-hybridized carbons (Fsp3) is 0.667. The molecule has 0 radical (unpaired) electrons. The lowest BCUT2D eigenvalue weighted by Gasteiger charge is -2.16. The summed E-state index contributed by atoms with van der Waals surface area (Å²) in [5.41, 5.74) is 0. The molecule has 0 heterocycles. The van der Waals surface area contributed by atoms with Crippen molar-refractivity contribution in [2.24, 2.45) is 0 Å². The van der Waals surface area contributed by atoms with Gasteiger partial charge in [-0.2, -0.15) is 5.26 Å². The van der Waals surface area contributed by atoms with Crippen LogP contribution in [0.5, 0.6) is 0 Å². The van der Waals surface area contributed by atoms with Crippen molar-refractivity contribution in [2.75, 3.05) is 20.1 Å². The van der Waals surface area contributed by atoms with Gasteiger partial charge in [0.25, 0.3) is 0 Å². The SMILES string of the molecule is CN(CCC#N)C(=O)NCCC(O)C(=O)O. The van der Waals surface area contributed by atoms with Crippen LogP contribution in [0.1, 0.15) is 12.8 Å². The first kappa shape index (κ1) is 14.2. The van der Waals surface area contributed by atoms with Crippen LogP contribution in [0.25, 0.3) is 0 Å². The number of rotatable bonds is 6. The summed E-state index contributed by atoms with van der Waals surface area (Å²) in [4.78, 5) is 22.8. The maximum absolute atomic E-state index is 11.3. The number of carboxylic acids is 1. The number of amides is 2. The van der Waals surface area contributed by atoms with Crippen LogP contribution in [-0.4, -0.2) is 53.4 Å². The summed E-state index contributed by atoms with van der Waals surface area (Å²) in [5, 5.41) is 28.0. The quantitative estimate of drug-likeness (QED) is 0.561. The zero-order chi connectivity index (χ0) is 12.6. The van der Waals surface area contributed by atoms with Crippen molar-refractivity contribution in [3.8, 4) is 6.07 Å². The number of aliphatic carboxylic acids is 1. The molecule has 16 heavy (non-hydrogen) atoms. The van der Waals surface area contributed by atoms with Gasteiger partial charge in [0, 0.05) is 26.6 Å². The van der Waals surface area contributed by atoms with E-state index in [9.17, 15) is 9.59 Å². The lowest BCUT2D eigenvalue weighted by Crippen LogP contribution is -2.39. The normalized spacial score (nSPS) is 11.3. The van der Waals surface area contributed by atoms with Crippen LogP contribution in [0.3, 0.4) is 0 Å². The van der Waals surface area contributed by atoms with E-state index in [0.29, 0.717) is 6.54 Å². The number of carbonyl (C=O) groups excluding carboxylic acids is 1. The van der Waals surface area contributed by atoms with E-state index in [1.54, 1.807) is 0 Å². The van der Waals surface area contributed by atoms with Crippen molar-refractivity contribution in [3.05, 3.63) is 0 Å². The van der Waals surface area contributed by atoms with Gasteiger partial charge in [-0.05, 0) is 0 Å². The summed E-state index contributed by atoms with van der Waals surface area (Å²) in [7, 11) is 1.53. The summed E-state index contributed by atoms with van der Waals surface area (Å²) in [5.74, 6) is -1.31. The molecule has 0 aliphatic rings. The van der Waals surface area contributed by atoms with Gasteiger partial charge in [-0.15, -0.1) is 0 Å². The molecule has 0 fully saturated rings. The van der Waals surface area contributed by atoms with Crippen LogP contribution < -0.4 is 5.32 Å². The summed E-state index contributed by atoms with van der Waals surface area (Å²) in [6.45, 7) is 0.382. The summed E-state index contributed by atoms with van der Waals surface area (Å²) in [6.07, 6.45) is -1.28. The average Bonchev–Trinajstić information content (AvgIpc) is 2.25. The van der Waals surface area contributed by atoms with Crippen molar-refractivity contribution in [1.82, 2.24) is 10.2 Å². The number of carbonyl (C=O) groups is 2. The third-order valence-corrected chi connectivity index (χ3v) is 1.88. The monoisotopic (exact) mass is 229 g/mol. The van der Waals surface area contributed by atoms with Gasteiger partial charge in [-0.1, -0.05) is 0 Å². The minimum Gasteiger partial charge on any atom is -0.479 e. The highest BCUT2D eigenvalue weighted by atomic mass is 16.4. The Morgan fingerprint density at radius 2 is 2.19 bits per heavy atom. The zero-order valence-corrected chi connectivity index (χ0v) is 9.01. The lowest BCUT2D eigenvalue weighted by molar-refractivity contribution is -0.146. The predicted molar refractivity (Wildman–Crippen MR) is 54.5 cm³/mol. The van der Waals surface area contributed by atoms with Crippen LogP contribution in [-0.2, 0) is 4.79 Å². The Labute approximate surface area is 93.3 Å². The lowest BCUT2D eigenvalue weighted by atomic mass is 10.2. The van der Waals surface area contributed by atoms with Crippen molar-refractivity contribution in [2.45, 2.75) is 18.9 Å². The molecule has 3 N–H and O–H groups in total. The maximum atomic E-state index is 11.3. The Hall–Kier alpha value is -1.81. The first-order valence-corrected chi connectivity index (χ1v) is 4.75. The van der Waals surface area contributed by atoms with E-state index >= 15 is 0 Å². The van der Waals surface area contributed by atoms with E-state index < -0.39 is 18.1 Å². The van der Waals surface area contributed by atoms with Crippen molar-refractivity contribution in [3.63, 3.8) is 0 Å². The molecule has 0 aromatic rings. The Kier molecular flexibility index (Phi) is 6.63. The predicted octanol–water partition coefficient (Wildman–Crippen LogP) is -0.623. The fourth-order valence-electron chi connectivity index (χ4n) is 0.894. The van der Waals surface area contributed by atoms with Crippen LogP contribution in [0, 0.1) is 11.3 Å². The molecule has 0 bridgehead atoms. The third-order valence-electron chi connectivity index (χ3n) is 1.88. The van der Waals surface area contributed by atoms with Crippen LogP contribution >= 0.6 is 0 Å². The highest BCUT2D eigenvalue weighted by Gasteiger charge is 2.13. The molecule has 7 heteroatoms. The Morgan fingerprint density at radius 3 is 2.69 bits per heavy atom. The van der Waals surface area contributed by atoms with Crippen molar-refractivity contribution in [1.29, 1.82) is 5.26 Å². The molecule has 0 aromatic carbocycles. The van der Waals surface area contributed by atoms with Gasteiger partial charge in [-0.3, -0.25) is 0 Å². The van der Waals surface area contributed by atoms with Crippen molar-refractivity contribution >= 4 is 12.0 Å². The van der Waals surface area contributed by atoms with E-state index in [1.165, 1.54) is 11.9 Å². The smallest absolute Gasteiger partial charge is 0.332 e. The number of hydrogen-bond acceptors (Lipinski definition) is 4. The number of hydrogen-bond donors (Lipinski definition) is 3.